The van der Waals surface area contributed by atoms with Crippen LogP contribution < -0.4 is 4.74 Å². The Kier molecular flexibility index (Phi) is 4.40. The van der Waals surface area contributed by atoms with Crippen LogP contribution >= 0.6 is 11.6 Å². The number of benzene rings is 1. The van der Waals surface area contributed by atoms with Gasteiger partial charge in [0.25, 0.3) is 0 Å². The number of carbonyl (C=O) groups is 1. The van der Waals surface area contributed by atoms with Crippen molar-refractivity contribution in [2.75, 3.05) is 6.79 Å². The van der Waals surface area contributed by atoms with E-state index in [1.165, 1.54) is 0 Å². The van der Waals surface area contributed by atoms with Crippen molar-refractivity contribution >= 4 is 17.6 Å². The number of aryl methyl sites for hydroxylation is 1. The van der Waals surface area contributed by atoms with Crippen LogP contribution in [-0.2, 0) is 9.53 Å². The number of hydrogen-bond donors (Lipinski definition) is 0. The fourth-order valence-electron chi connectivity index (χ4n) is 1.14. The van der Waals surface area contributed by atoms with Crippen molar-refractivity contribution in [1.29, 1.82) is 0 Å². The van der Waals surface area contributed by atoms with Crippen LogP contribution in [0.4, 0.5) is 0 Å². The van der Waals surface area contributed by atoms with Crippen LogP contribution in [0.15, 0.2) is 18.2 Å². The Bertz CT molecular complexity index is 408. The lowest BCUT2D eigenvalue weighted by molar-refractivity contribution is -0.159. The van der Waals surface area contributed by atoms with E-state index in [4.69, 9.17) is 21.1 Å². The zero-order valence-electron chi connectivity index (χ0n) is 10.5. The molecule has 0 saturated heterocycles. The van der Waals surface area contributed by atoms with Gasteiger partial charge in [0.2, 0.25) is 6.79 Å². The van der Waals surface area contributed by atoms with Gasteiger partial charge in [0.15, 0.2) is 0 Å². The molecule has 4 heteroatoms. The molecule has 3 nitrogen and oxygen atoms in total. The van der Waals surface area contributed by atoms with Crippen molar-refractivity contribution in [3.8, 4) is 5.75 Å². The van der Waals surface area contributed by atoms with Crippen molar-refractivity contribution in [2.24, 2.45) is 5.41 Å². The van der Waals surface area contributed by atoms with Gasteiger partial charge in [0.05, 0.1) is 5.41 Å². The third-order valence-electron chi connectivity index (χ3n) is 2.15. The Morgan fingerprint density at radius 1 is 1.35 bits per heavy atom. The van der Waals surface area contributed by atoms with E-state index in [0.717, 1.165) is 5.56 Å². The monoisotopic (exact) mass is 256 g/mol. The highest BCUT2D eigenvalue weighted by atomic mass is 35.5. The van der Waals surface area contributed by atoms with Crippen LogP contribution in [0, 0.1) is 12.3 Å². The van der Waals surface area contributed by atoms with E-state index in [9.17, 15) is 4.79 Å². The number of halogens is 1. The Morgan fingerprint density at radius 3 is 2.53 bits per heavy atom. The first-order chi connectivity index (χ1) is 7.80. The molecular formula is C13H17ClO3. The Hall–Kier alpha value is -1.22. The summed E-state index contributed by atoms with van der Waals surface area (Å²) in [4.78, 5) is 11.5. The maximum atomic E-state index is 11.5. The topological polar surface area (TPSA) is 35.5 Å². The average molecular weight is 257 g/mol. The van der Waals surface area contributed by atoms with Gasteiger partial charge in [-0.1, -0.05) is 11.6 Å². The smallest absolute Gasteiger partial charge is 0.314 e. The minimum atomic E-state index is -0.515. The molecule has 0 unspecified atom stereocenters. The highest BCUT2D eigenvalue weighted by Gasteiger charge is 2.23. The zero-order valence-corrected chi connectivity index (χ0v) is 11.3. The van der Waals surface area contributed by atoms with E-state index in [-0.39, 0.29) is 12.8 Å². The normalized spacial score (nSPS) is 11.1. The van der Waals surface area contributed by atoms with Crippen LogP contribution in [0.25, 0.3) is 0 Å². The molecular weight excluding hydrogens is 240 g/mol. The molecule has 0 N–H and O–H groups in total. The Labute approximate surface area is 107 Å². The first kappa shape index (κ1) is 13.8. The van der Waals surface area contributed by atoms with E-state index in [2.05, 4.69) is 0 Å². The minimum absolute atomic E-state index is 0.0847. The summed E-state index contributed by atoms with van der Waals surface area (Å²) in [6, 6.07) is 5.28. The number of carbonyl (C=O) groups excluding carboxylic acids is 1. The van der Waals surface area contributed by atoms with Crippen LogP contribution in [-0.4, -0.2) is 12.8 Å². The SMILES string of the molecule is Cc1cc(Cl)ccc1OCOC(=O)C(C)(C)C. The largest absolute Gasteiger partial charge is 0.457 e. The summed E-state index contributed by atoms with van der Waals surface area (Å²) in [7, 11) is 0. The molecule has 1 aromatic carbocycles. The lowest BCUT2D eigenvalue weighted by Crippen LogP contribution is -2.24. The van der Waals surface area contributed by atoms with Crippen molar-refractivity contribution in [1.82, 2.24) is 0 Å². The maximum absolute atomic E-state index is 11.5. The van der Waals surface area contributed by atoms with Crippen LogP contribution in [0.3, 0.4) is 0 Å². The summed E-state index contributed by atoms with van der Waals surface area (Å²) in [5, 5.41) is 0.654. The fraction of sp³-hybridized carbons (Fsp3) is 0.462. The molecule has 1 rings (SSSR count). The molecule has 0 spiro atoms. The molecule has 0 heterocycles. The van der Waals surface area contributed by atoms with Gasteiger partial charge in [-0.2, -0.15) is 0 Å². The van der Waals surface area contributed by atoms with E-state index in [1.54, 1.807) is 39.0 Å². The second-order valence-corrected chi connectivity index (χ2v) is 5.29. The molecule has 0 amide bonds. The maximum Gasteiger partial charge on any atom is 0.314 e. The fourth-order valence-corrected chi connectivity index (χ4v) is 1.36. The molecule has 0 aliphatic heterocycles. The van der Waals surface area contributed by atoms with Crippen molar-refractivity contribution in [3.63, 3.8) is 0 Å². The molecule has 0 aliphatic rings. The highest BCUT2D eigenvalue weighted by molar-refractivity contribution is 6.30. The summed E-state index contributed by atoms with van der Waals surface area (Å²) in [6.07, 6.45) is 0. The summed E-state index contributed by atoms with van der Waals surface area (Å²) >= 11 is 5.82. The summed E-state index contributed by atoms with van der Waals surface area (Å²) < 4.78 is 10.4. The standard InChI is InChI=1S/C13H17ClO3/c1-9-7-10(14)5-6-11(9)16-8-17-12(15)13(2,3)4/h5-7H,8H2,1-4H3. The molecule has 17 heavy (non-hydrogen) atoms. The minimum Gasteiger partial charge on any atom is -0.457 e. The van der Waals surface area contributed by atoms with Gasteiger partial charge in [0.1, 0.15) is 5.75 Å². The van der Waals surface area contributed by atoms with Gasteiger partial charge in [-0.3, -0.25) is 4.79 Å². The average Bonchev–Trinajstić information content (AvgIpc) is 2.19. The number of ether oxygens (including phenoxy) is 2. The molecule has 0 aromatic heterocycles. The third kappa shape index (κ3) is 4.27. The molecule has 0 fully saturated rings. The third-order valence-corrected chi connectivity index (χ3v) is 2.39. The lowest BCUT2D eigenvalue weighted by atomic mass is 9.98. The second kappa shape index (κ2) is 5.41. The van der Waals surface area contributed by atoms with Crippen molar-refractivity contribution in [2.45, 2.75) is 27.7 Å². The van der Waals surface area contributed by atoms with Crippen LogP contribution in [0.1, 0.15) is 26.3 Å². The molecule has 0 bridgehead atoms. The summed E-state index contributed by atoms with van der Waals surface area (Å²) in [5.74, 6) is 0.375. The van der Waals surface area contributed by atoms with Gasteiger partial charge in [-0.05, 0) is 51.5 Å². The molecule has 94 valence electrons. The number of rotatable bonds is 3. The predicted molar refractivity (Wildman–Crippen MR) is 67.2 cm³/mol. The van der Waals surface area contributed by atoms with Gasteiger partial charge >= 0.3 is 5.97 Å². The molecule has 1 aromatic rings. The van der Waals surface area contributed by atoms with Gasteiger partial charge in [0, 0.05) is 5.02 Å². The quantitative estimate of drug-likeness (QED) is 0.613. The van der Waals surface area contributed by atoms with Gasteiger partial charge in [-0.25, -0.2) is 0 Å². The van der Waals surface area contributed by atoms with E-state index < -0.39 is 5.41 Å². The van der Waals surface area contributed by atoms with Crippen molar-refractivity contribution < 1.29 is 14.3 Å². The lowest BCUT2D eigenvalue weighted by Gasteiger charge is -2.17. The summed E-state index contributed by atoms with van der Waals surface area (Å²) in [6.45, 7) is 7.18. The Balaban J connectivity index is 2.49. The van der Waals surface area contributed by atoms with E-state index in [1.807, 2.05) is 6.92 Å². The van der Waals surface area contributed by atoms with Crippen molar-refractivity contribution in [3.05, 3.63) is 28.8 Å². The first-order valence-corrected chi connectivity index (χ1v) is 5.74. The Morgan fingerprint density at radius 2 is 2.00 bits per heavy atom. The van der Waals surface area contributed by atoms with E-state index in [0.29, 0.717) is 10.8 Å². The predicted octanol–water partition coefficient (Wildman–Crippen LogP) is 3.57. The van der Waals surface area contributed by atoms with Gasteiger partial charge < -0.3 is 9.47 Å². The number of esters is 1. The van der Waals surface area contributed by atoms with E-state index >= 15 is 0 Å². The molecule has 0 atom stereocenters. The van der Waals surface area contributed by atoms with Crippen LogP contribution in [0.2, 0.25) is 5.02 Å². The van der Waals surface area contributed by atoms with Gasteiger partial charge in [-0.15, -0.1) is 0 Å². The molecule has 0 radical (unpaired) electrons. The summed E-state index contributed by atoms with van der Waals surface area (Å²) in [5.41, 5.74) is 0.391. The number of hydrogen-bond acceptors (Lipinski definition) is 3. The zero-order chi connectivity index (χ0) is 13.1. The highest BCUT2D eigenvalue weighted by Crippen LogP contribution is 2.22. The molecule has 0 saturated carbocycles. The second-order valence-electron chi connectivity index (χ2n) is 4.85. The first-order valence-electron chi connectivity index (χ1n) is 5.37. The molecule has 0 aliphatic carbocycles. The van der Waals surface area contributed by atoms with Crippen LogP contribution in [0.5, 0.6) is 5.75 Å².